The SMILES string of the molecule is CO[C@H]1C[C@@H](C(=O)N2CCOCC2)CC[C@@H]1NC(=O)c1ccncc1. The number of morpholine rings is 1. The van der Waals surface area contributed by atoms with Crippen LogP contribution in [0.3, 0.4) is 0 Å². The zero-order valence-corrected chi connectivity index (χ0v) is 14.5. The fourth-order valence-corrected chi connectivity index (χ4v) is 3.58. The maximum absolute atomic E-state index is 12.7. The maximum atomic E-state index is 12.7. The second-order valence-electron chi connectivity index (χ2n) is 6.54. The molecule has 2 heterocycles. The van der Waals surface area contributed by atoms with E-state index >= 15 is 0 Å². The van der Waals surface area contributed by atoms with E-state index in [1.807, 2.05) is 4.90 Å². The molecule has 1 aromatic heterocycles. The summed E-state index contributed by atoms with van der Waals surface area (Å²) in [6.07, 6.45) is 5.16. The van der Waals surface area contributed by atoms with Crippen molar-refractivity contribution in [3.05, 3.63) is 30.1 Å². The van der Waals surface area contributed by atoms with Crippen LogP contribution in [0.15, 0.2) is 24.5 Å². The Morgan fingerprint density at radius 1 is 1.24 bits per heavy atom. The molecule has 2 fully saturated rings. The molecule has 1 aromatic rings. The van der Waals surface area contributed by atoms with Crippen LogP contribution in [0.5, 0.6) is 0 Å². The Labute approximate surface area is 147 Å². The van der Waals surface area contributed by atoms with Gasteiger partial charge in [0.05, 0.1) is 25.4 Å². The highest BCUT2D eigenvalue weighted by Crippen LogP contribution is 2.28. The molecule has 3 rings (SSSR count). The maximum Gasteiger partial charge on any atom is 0.251 e. The van der Waals surface area contributed by atoms with Crippen LogP contribution in [0.4, 0.5) is 0 Å². The number of nitrogens with one attached hydrogen (secondary N) is 1. The van der Waals surface area contributed by atoms with E-state index in [1.54, 1.807) is 31.6 Å². The summed E-state index contributed by atoms with van der Waals surface area (Å²) in [6, 6.07) is 3.29. The fourth-order valence-electron chi connectivity index (χ4n) is 3.58. The molecule has 2 aliphatic rings. The summed E-state index contributed by atoms with van der Waals surface area (Å²) in [5, 5.41) is 3.04. The first-order chi connectivity index (χ1) is 12.2. The summed E-state index contributed by atoms with van der Waals surface area (Å²) >= 11 is 0. The molecule has 2 amide bonds. The molecule has 0 unspecified atom stereocenters. The van der Waals surface area contributed by atoms with E-state index in [1.165, 1.54) is 0 Å². The van der Waals surface area contributed by atoms with Crippen LogP contribution in [0.25, 0.3) is 0 Å². The molecule has 0 radical (unpaired) electrons. The van der Waals surface area contributed by atoms with Gasteiger partial charge in [0.2, 0.25) is 5.91 Å². The van der Waals surface area contributed by atoms with Crippen LogP contribution in [-0.2, 0) is 14.3 Å². The van der Waals surface area contributed by atoms with E-state index in [9.17, 15) is 9.59 Å². The summed E-state index contributed by atoms with van der Waals surface area (Å²) in [4.78, 5) is 30.8. The van der Waals surface area contributed by atoms with Crippen molar-refractivity contribution in [1.82, 2.24) is 15.2 Å². The standard InChI is InChI=1S/C18H25N3O4/c1-24-16-12-14(18(23)21-8-10-25-11-9-21)2-3-15(16)20-17(22)13-4-6-19-7-5-13/h4-7,14-16H,2-3,8-12H2,1H3,(H,20,22)/t14-,15-,16-/m0/s1. The van der Waals surface area contributed by atoms with Gasteiger partial charge in [0, 0.05) is 44.1 Å². The fraction of sp³-hybridized carbons (Fsp3) is 0.611. The second kappa shape index (κ2) is 8.40. The zero-order chi connectivity index (χ0) is 17.6. The lowest BCUT2D eigenvalue weighted by atomic mass is 9.82. The third-order valence-corrected chi connectivity index (χ3v) is 5.03. The van der Waals surface area contributed by atoms with E-state index in [2.05, 4.69) is 10.3 Å². The summed E-state index contributed by atoms with van der Waals surface area (Å²) in [7, 11) is 1.64. The quantitative estimate of drug-likeness (QED) is 0.873. The largest absolute Gasteiger partial charge is 0.379 e. The van der Waals surface area contributed by atoms with Gasteiger partial charge in [-0.05, 0) is 31.4 Å². The van der Waals surface area contributed by atoms with Crippen molar-refractivity contribution < 1.29 is 19.1 Å². The van der Waals surface area contributed by atoms with Gasteiger partial charge >= 0.3 is 0 Å². The minimum atomic E-state index is -0.158. The molecule has 25 heavy (non-hydrogen) atoms. The Morgan fingerprint density at radius 2 is 1.96 bits per heavy atom. The third kappa shape index (κ3) is 4.35. The highest BCUT2D eigenvalue weighted by Gasteiger charge is 2.36. The van der Waals surface area contributed by atoms with Crippen LogP contribution in [0.1, 0.15) is 29.6 Å². The van der Waals surface area contributed by atoms with Crippen LogP contribution < -0.4 is 5.32 Å². The van der Waals surface area contributed by atoms with Gasteiger partial charge < -0.3 is 19.7 Å². The van der Waals surface area contributed by atoms with Gasteiger partial charge in [-0.15, -0.1) is 0 Å². The number of ether oxygens (including phenoxy) is 2. The molecule has 1 saturated heterocycles. The molecule has 0 bridgehead atoms. The molecule has 1 aliphatic carbocycles. The van der Waals surface area contributed by atoms with Gasteiger partial charge in [0.25, 0.3) is 5.91 Å². The average Bonchev–Trinajstić information content (AvgIpc) is 2.69. The minimum Gasteiger partial charge on any atom is -0.379 e. The van der Waals surface area contributed by atoms with Crippen LogP contribution in [-0.4, -0.2) is 67.3 Å². The normalized spacial score (nSPS) is 26.9. The van der Waals surface area contributed by atoms with E-state index in [0.29, 0.717) is 38.3 Å². The summed E-state index contributed by atoms with van der Waals surface area (Å²) < 4.78 is 10.9. The van der Waals surface area contributed by atoms with Crippen molar-refractivity contribution in [2.24, 2.45) is 5.92 Å². The molecular formula is C18H25N3O4. The number of aromatic nitrogens is 1. The van der Waals surface area contributed by atoms with Gasteiger partial charge in [-0.3, -0.25) is 14.6 Å². The highest BCUT2D eigenvalue weighted by molar-refractivity contribution is 5.94. The van der Waals surface area contributed by atoms with Gasteiger partial charge in [0.15, 0.2) is 0 Å². The van der Waals surface area contributed by atoms with Crippen molar-refractivity contribution in [3.63, 3.8) is 0 Å². The Hall–Kier alpha value is -1.99. The van der Waals surface area contributed by atoms with Gasteiger partial charge in [-0.1, -0.05) is 0 Å². The molecule has 7 nitrogen and oxygen atoms in total. The Kier molecular flexibility index (Phi) is 5.99. The number of pyridine rings is 1. The Bertz CT molecular complexity index is 589. The van der Waals surface area contributed by atoms with Crippen molar-refractivity contribution in [2.45, 2.75) is 31.4 Å². The average molecular weight is 347 g/mol. The third-order valence-electron chi connectivity index (χ3n) is 5.03. The predicted molar refractivity (Wildman–Crippen MR) is 91.0 cm³/mol. The van der Waals surface area contributed by atoms with Crippen LogP contribution in [0.2, 0.25) is 0 Å². The first-order valence-corrected chi connectivity index (χ1v) is 8.79. The van der Waals surface area contributed by atoms with E-state index in [-0.39, 0.29) is 29.9 Å². The van der Waals surface area contributed by atoms with Crippen molar-refractivity contribution >= 4 is 11.8 Å². The van der Waals surface area contributed by atoms with Gasteiger partial charge in [-0.25, -0.2) is 0 Å². The summed E-state index contributed by atoms with van der Waals surface area (Å²) in [6.45, 7) is 2.54. The number of nitrogens with zero attached hydrogens (tertiary/aromatic N) is 2. The number of methoxy groups -OCH3 is 1. The zero-order valence-electron chi connectivity index (χ0n) is 14.5. The van der Waals surface area contributed by atoms with Crippen LogP contribution in [0, 0.1) is 5.92 Å². The van der Waals surface area contributed by atoms with Gasteiger partial charge in [0.1, 0.15) is 0 Å². The second-order valence-corrected chi connectivity index (χ2v) is 6.54. The number of hydrogen-bond donors (Lipinski definition) is 1. The molecule has 136 valence electrons. The lowest BCUT2D eigenvalue weighted by molar-refractivity contribution is -0.142. The number of hydrogen-bond acceptors (Lipinski definition) is 5. The van der Waals surface area contributed by atoms with Crippen molar-refractivity contribution in [3.8, 4) is 0 Å². The van der Waals surface area contributed by atoms with E-state index in [0.717, 1.165) is 12.8 Å². The molecule has 1 aliphatic heterocycles. The van der Waals surface area contributed by atoms with E-state index in [4.69, 9.17) is 9.47 Å². The Morgan fingerprint density at radius 3 is 2.64 bits per heavy atom. The number of carbonyl (C=O) groups excluding carboxylic acids is 2. The lowest BCUT2D eigenvalue weighted by Gasteiger charge is -2.38. The first-order valence-electron chi connectivity index (χ1n) is 8.79. The van der Waals surface area contributed by atoms with Crippen molar-refractivity contribution in [1.29, 1.82) is 0 Å². The molecule has 7 heteroatoms. The number of carbonyl (C=O) groups is 2. The number of amides is 2. The summed E-state index contributed by atoms with van der Waals surface area (Å²) in [5.41, 5.74) is 0.580. The van der Waals surface area contributed by atoms with Crippen molar-refractivity contribution in [2.75, 3.05) is 33.4 Å². The molecule has 0 aromatic carbocycles. The monoisotopic (exact) mass is 347 g/mol. The smallest absolute Gasteiger partial charge is 0.251 e. The minimum absolute atomic E-state index is 0.0443. The molecule has 1 saturated carbocycles. The number of rotatable bonds is 4. The topological polar surface area (TPSA) is 80.8 Å². The highest BCUT2D eigenvalue weighted by atomic mass is 16.5. The van der Waals surface area contributed by atoms with E-state index < -0.39 is 0 Å². The first kappa shape index (κ1) is 17.8. The molecule has 1 N–H and O–H groups in total. The lowest BCUT2D eigenvalue weighted by Crippen LogP contribution is -2.51. The summed E-state index contributed by atoms with van der Waals surface area (Å²) in [5.74, 6) is 0.00814. The Balaban J connectivity index is 1.58. The predicted octanol–water partition coefficient (Wildman–Crippen LogP) is 0.854. The molecule has 0 spiro atoms. The van der Waals surface area contributed by atoms with Crippen LogP contribution >= 0.6 is 0 Å². The molecule has 3 atom stereocenters. The van der Waals surface area contributed by atoms with Gasteiger partial charge in [-0.2, -0.15) is 0 Å². The molecular weight excluding hydrogens is 322 g/mol.